The minimum absolute atomic E-state index is 0.0105. The van der Waals surface area contributed by atoms with Crippen molar-refractivity contribution < 1.29 is 14.6 Å². The van der Waals surface area contributed by atoms with E-state index in [0.717, 1.165) is 13.0 Å². The summed E-state index contributed by atoms with van der Waals surface area (Å²) < 4.78 is 5.23. The van der Waals surface area contributed by atoms with Gasteiger partial charge < -0.3 is 14.7 Å². The number of hydrogen-bond donors (Lipinski definition) is 1. The van der Waals surface area contributed by atoms with Gasteiger partial charge in [0.2, 0.25) is 0 Å². The van der Waals surface area contributed by atoms with Crippen molar-refractivity contribution in [1.29, 1.82) is 0 Å². The van der Waals surface area contributed by atoms with Crippen molar-refractivity contribution in [2.75, 3.05) is 20.1 Å². The first-order chi connectivity index (χ1) is 7.54. The molecule has 1 aliphatic heterocycles. The maximum absolute atomic E-state index is 11.0. The molecular formula is C12H21NO3. The number of likely N-dealkylation sites (N-methyl/N-ethyl adjacent to an activating group) is 1. The summed E-state index contributed by atoms with van der Waals surface area (Å²) >= 11 is 0. The summed E-state index contributed by atoms with van der Waals surface area (Å²) in [5.41, 5.74) is 0. The highest BCUT2D eigenvalue weighted by Crippen LogP contribution is 2.23. The van der Waals surface area contributed by atoms with Gasteiger partial charge >= 0.3 is 5.97 Å². The van der Waals surface area contributed by atoms with Crippen molar-refractivity contribution in [2.24, 2.45) is 5.92 Å². The lowest BCUT2D eigenvalue weighted by Gasteiger charge is -2.36. The number of carbonyl (C=O) groups excluding carboxylic acids is 1. The summed E-state index contributed by atoms with van der Waals surface area (Å²) in [6, 6.07) is 0. The van der Waals surface area contributed by atoms with Crippen LogP contribution in [-0.2, 0) is 9.53 Å². The number of esters is 1. The number of piperidine rings is 1. The number of rotatable bonds is 3. The second-order valence-corrected chi connectivity index (χ2v) is 4.38. The SMILES string of the molecule is C/C=C/C(OC(C)=O)C1CCN(C)CC1O. The molecule has 92 valence electrons. The highest BCUT2D eigenvalue weighted by atomic mass is 16.5. The van der Waals surface area contributed by atoms with E-state index in [1.165, 1.54) is 6.92 Å². The zero-order chi connectivity index (χ0) is 12.1. The Labute approximate surface area is 96.9 Å². The number of ether oxygens (including phenoxy) is 1. The van der Waals surface area contributed by atoms with Gasteiger partial charge in [0.25, 0.3) is 0 Å². The van der Waals surface area contributed by atoms with E-state index in [1.807, 2.05) is 26.1 Å². The standard InChI is InChI=1S/C12H21NO3/c1-4-5-12(16-9(2)14)10-6-7-13(3)8-11(10)15/h4-5,10-12,15H,6-8H2,1-3H3/b5-4+. The molecule has 0 aliphatic carbocycles. The minimum Gasteiger partial charge on any atom is -0.458 e. The third-order valence-electron chi connectivity index (χ3n) is 2.94. The Morgan fingerprint density at radius 3 is 2.81 bits per heavy atom. The van der Waals surface area contributed by atoms with Crippen molar-refractivity contribution in [1.82, 2.24) is 4.90 Å². The number of likely N-dealkylation sites (tertiary alicyclic amines) is 1. The van der Waals surface area contributed by atoms with E-state index < -0.39 is 6.10 Å². The lowest BCUT2D eigenvalue weighted by Crippen LogP contribution is -2.46. The number of carbonyl (C=O) groups is 1. The fourth-order valence-corrected chi connectivity index (χ4v) is 2.14. The van der Waals surface area contributed by atoms with Crippen LogP contribution in [0, 0.1) is 5.92 Å². The first kappa shape index (κ1) is 13.2. The van der Waals surface area contributed by atoms with Gasteiger partial charge in [0.05, 0.1) is 6.10 Å². The van der Waals surface area contributed by atoms with Gasteiger partial charge in [-0.05, 0) is 33.0 Å². The maximum Gasteiger partial charge on any atom is 0.303 e. The van der Waals surface area contributed by atoms with Crippen LogP contribution in [0.3, 0.4) is 0 Å². The van der Waals surface area contributed by atoms with E-state index in [9.17, 15) is 9.90 Å². The van der Waals surface area contributed by atoms with E-state index >= 15 is 0 Å². The monoisotopic (exact) mass is 227 g/mol. The molecule has 1 aliphatic rings. The van der Waals surface area contributed by atoms with Crippen LogP contribution < -0.4 is 0 Å². The molecule has 0 saturated carbocycles. The van der Waals surface area contributed by atoms with Crippen LogP contribution in [0.4, 0.5) is 0 Å². The number of aliphatic hydroxyl groups is 1. The average Bonchev–Trinajstić information content (AvgIpc) is 2.16. The van der Waals surface area contributed by atoms with Gasteiger partial charge in [-0.15, -0.1) is 0 Å². The second kappa shape index (κ2) is 6.01. The zero-order valence-corrected chi connectivity index (χ0v) is 10.2. The van der Waals surface area contributed by atoms with E-state index in [-0.39, 0.29) is 18.0 Å². The molecule has 4 heteroatoms. The Hall–Kier alpha value is -0.870. The third kappa shape index (κ3) is 3.61. The summed E-state index contributed by atoms with van der Waals surface area (Å²) in [6.07, 6.45) is 3.82. The van der Waals surface area contributed by atoms with E-state index in [2.05, 4.69) is 4.90 Å². The molecule has 3 atom stereocenters. The molecule has 1 fully saturated rings. The van der Waals surface area contributed by atoms with Crippen molar-refractivity contribution in [3.63, 3.8) is 0 Å². The number of aliphatic hydroxyl groups excluding tert-OH is 1. The van der Waals surface area contributed by atoms with Crippen LogP contribution in [-0.4, -0.2) is 48.3 Å². The normalized spacial score (nSPS) is 29.2. The number of β-amino-alcohol motifs (C(OH)–C–C–N with tert-alkyl or cyclic N) is 1. The molecule has 0 aromatic carbocycles. The predicted molar refractivity (Wildman–Crippen MR) is 62.0 cm³/mol. The van der Waals surface area contributed by atoms with Crippen molar-refractivity contribution in [3.8, 4) is 0 Å². The Morgan fingerprint density at radius 2 is 2.31 bits per heavy atom. The summed E-state index contributed by atoms with van der Waals surface area (Å²) in [5, 5.41) is 9.98. The molecule has 16 heavy (non-hydrogen) atoms. The predicted octanol–water partition coefficient (Wildman–Crippen LogP) is 0.807. The molecule has 4 nitrogen and oxygen atoms in total. The Balaban J connectivity index is 2.66. The largest absolute Gasteiger partial charge is 0.458 e. The lowest BCUT2D eigenvalue weighted by atomic mass is 9.88. The fraction of sp³-hybridized carbons (Fsp3) is 0.750. The van der Waals surface area contributed by atoms with Gasteiger partial charge in [0.15, 0.2) is 0 Å². The first-order valence-electron chi connectivity index (χ1n) is 5.71. The van der Waals surface area contributed by atoms with Gasteiger partial charge in [-0.25, -0.2) is 0 Å². The molecule has 1 heterocycles. The van der Waals surface area contributed by atoms with Gasteiger partial charge in [-0.1, -0.05) is 6.08 Å². The molecule has 0 spiro atoms. The number of hydrogen-bond acceptors (Lipinski definition) is 4. The van der Waals surface area contributed by atoms with Crippen LogP contribution in [0.2, 0.25) is 0 Å². The van der Waals surface area contributed by atoms with Gasteiger partial charge in [-0.3, -0.25) is 4.79 Å². The van der Waals surface area contributed by atoms with Gasteiger partial charge in [-0.2, -0.15) is 0 Å². The zero-order valence-electron chi connectivity index (χ0n) is 10.2. The molecular weight excluding hydrogens is 206 g/mol. The summed E-state index contributed by atoms with van der Waals surface area (Å²) in [7, 11) is 1.98. The summed E-state index contributed by atoms with van der Waals surface area (Å²) in [6.45, 7) is 4.85. The Bertz CT molecular complexity index is 265. The van der Waals surface area contributed by atoms with Gasteiger partial charge in [0, 0.05) is 19.4 Å². The second-order valence-electron chi connectivity index (χ2n) is 4.38. The molecule has 0 aromatic heterocycles. The van der Waals surface area contributed by atoms with Crippen LogP contribution >= 0.6 is 0 Å². The van der Waals surface area contributed by atoms with Crippen LogP contribution in [0.1, 0.15) is 20.3 Å². The van der Waals surface area contributed by atoms with Gasteiger partial charge in [0.1, 0.15) is 6.10 Å². The highest BCUT2D eigenvalue weighted by molar-refractivity contribution is 5.66. The lowest BCUT2D eigenvalue weighted by molar-refractivity contribution is -0.149. The first-order valence-corrected chi connectivity index (χ1v) is 5.71. The molecule has 3 unspecified atom stereocenters. The van der Waals surface area contributed by atoms with E-state index in [0.29, 0.717) is 6.54 Å². The van der Waals surface area contributed by atoms with Crippen LogP contribution in [0.5, 0.6) is 0 Å². The number of nitrogens with zero attached hydrogens (tertiary/aromatic N) is 1. The quantitative estimate of drug-likeness (QED) is 0.572. The Kier molecular flexibility index (Phi) is 4.96. The third-order valence-corrected chi connectivity index (χ3v) is 2.94. The molecule has 0 radical (unpaired) electrons. The van der Waals surface area contributed by atoms with Crippen molar-refractivity contribution in [2.45, 2.75) is 32.5 Å². The fourth-order valence-electron chi connectivity index (χ4n) is 2.14. The van der Waals surface area contributed by atoms with E-state index in [1.54, 1.807) is 0 Å². The average molecular weight is 227 g/mol. The van der Waals surface area contributed by atoms with Crippen molar-refractivity contribution in [3.05, 3.63) is 12.2 Å². The summed E-state index contributed by atoms with van der Waals surface area (Å²) in [4.78, 5) is 13.1. The Morgan fingerprint density at radius 1 is 1.62 bits per heavy atom. The molecule has 1 N–H and O–H groups in total. The molecule has 1 rings (SSSR count). The minimum atomic E-state index is -0.431. The van der Waals surface area contributed by atoms with Crippen LogP contribution in [0.25, 0.3) is 0 Å². The van der Waals surface area contributed by atoms with Crippen LogP contribution in [0.15, 0.2) is 12.2 Å². The molecule has 0 amide bonds. The molecule has 0 aromatic rings. The van der Waals surface area contributed by atoms with Crippen molar-refractivity contribution >= 4 is 5.97 Å². The molecule has 1 saturated heterocycles. The summed E-state index contributed by atoms with van der Waals surface area (Å²) in [5.74, 6) is -0.287. The maximum atomic E-state index is 11.0. The smallest absolute Gasteiger partial charge is 0.303 e. The highest BCUT2D eigenvalue weighted by Gasteiger charge is 2.32. The topological polar surface area (TPSA) is 49.8 Å². The molecule has 0 bridgehead atoms. The van der Waals surface area contributed by atoms with E-state index in [4.69, 9.17) is 4.74 Å². The number of allylic oxidation sites excluding steroid dienone is 1.